The summed E-state index contributed by atoms with van der Waals surface area (Å²) in [6, 6.07) is 8.72. The van der Waals surface area contributed by atoms with Crippen molar-refractivity contribution in [2.45, 2.75) is 18.9 Å². The molecular weight excluding hydrogens is 304 g/mol. The zero-order chi connectivity index (χ0) is 16.2. The van der Waals surface area contributed by atoms with Crippen LogP contribution in [0.1, 0.15) is 12.0 Å². The normalized spacial score (nSPS) is 19.4. The number of hydrogen-bond donors (Lipinski definition) is 1. The standard InChI is InChI=1S/C15H20N2O4S/c1-22(20,21)11-14(18)17-9-5-8-16-15(19)13(17)10-12-6-3-2-4-7-12/h2-4,6-7,13H,5,8-11H2,1H3,(H,16,19). The van der Waals surface area contributed by atoms with Crippen molar-refractivity contribution < 1.29 is 18.0 Å². The molecule has 0 aromatic heterocycles. The second-order valence-corrected chi connectivity index (χ2v) is 7.65. The number of benzene rings is 1. The number of hydrogen-bond acceptors (Lipinski definition) is 4. The summed E-state index contributed by atoms with van der Waals surface area (Å²) in [4.78, 5) is 25.9. The third-order valence-corrected chi connectivity index (χ3v) is 4.30. The first-order valence-electron chi connectivity index (χ1n) is 7.15. The van der Waals surface area contributed by atoms with Crippen LogP contribution >= 0.6 is 0 Å². The van der Waals surface area contributed by atoms with Crippen LogP contribution in [0.15, 0.2) is 30.3 Å². The van der Waals surface area contributed by atoms with E-state index in [-0.39, 0.29) is 5.91 Å². The highest BCUT2D eigenvalue weighted by Gasteiger charge is 2.32. The lowest BCUT2D eigenvalue weighted by molar-refractivity contribution is -0.137. The van der Waals surface area contributed by atoms with E-state index in [1.54, 1.807) is 0 Å². The molecular formula is C15H20N2O4S. The predicted octanol–water partition coefficient (Wildman–Crippen LogP) is -0.00920. The van der Waals surface area contributed by atoms with Gasteiger partial charge in [-0.05, 0) is 12.0 Å². The smallest absolute Gasteiger partial charge is 0.243 e. The minimum absolute atomic E-state index is 0.233. The number of carbonyl (C=O) groups excluding carboxylic acids is 2. The van der Waals surface area contributed by atoms with E-state index in [1.807, 2.05) is 30.3 Å². The van der Waals surface area contributed by atoms with Gasteiger partial charge >= 0.3 is 0 Å². The molecule has 120 valence electrons. The third-order valence-electron chi connectivity index (χ3n) is 3.53. The van der Waals surface area contributed by atoms with Crippen LogP contribution in [0, 0.1) is 0 Å². The van der Waals surface area contributed by atoms with Crippen LogP contribution in [-0.2, 0) is 25.8 Å². The van der Waals surface area contributed by atoms with Gasteiger partial charge in [-0.25, -0.2) is 8.42 Å². The third kappa shape index (κ3) is 4.56. The molecule has 1 heterocycles. The highest BCUT2D eigenvalue weighted by atomic mass is 32.2. The monoisotopic (exact) mass is 324 g/mol. The van der Waals surface area contributed by atoms with Crippen LogP contribution in [0.25, 0.3) is 0 Å². The van der Waals surface area contributed by atoms with Crippen molar-refractivity contribution in [3.63, 3.8) is 0 Å². The minimum atomic E-state index is -3.42. The van der Waals surface area contributed by atoms with Gasteiger partial charge in [-0.3, -0.25) is 9.59 Å². The highest BCUT2D eigenvalue weighted by molar-refractivity contribution is 7.91. The molecule has 1 aromatic rings. The number of amides is 2. The fraction of sp³-hybridized carbons (Fsp3) is 0.467. The Kier molecular flexibility index (Phi) is 5.18. The number of nitrogens with one attached hydrogen (secondary N) is 1. The molecule has 1 N–H and O–H groups in total. The van der Waals surface area contributed by atoms with E-state index in [4.69, 9.17) is 0 Å². The molecule has 0 bridgehead atoms. The molecule has 1 fully saturated rings. The van der Waals surface area contributed by atoms with Gasteiger partial charge < -0.3 is 10.2 Å². The van der Waals surface area contributed by atoms with Crippen LogP contribution in [0.3, 0.4) is 0 Å². The van der Waals surface area contributed by atoms with Crippen LogP contribution in [0.4, 0.5) is 0 Å². The summed E-state index contributed by atoms with van der Waals surface area (Å²) in [7, 11) is -3.42. The van der Waals surface area contributed by atoms with Gasteiger partial charge in [-0.15, -0.1) is 0 Å². The Balaban J connectivity index is 2.22. The molecule has 0 saturated carbocycles. The molecule has 1 aromatic carbocycles. The summed E-state index contributed by atoms with van der Waals surface area (Å²) < 4.78 is 22.7. The molecule has 22 heavy (non-hydrogen) atoms. The lowest BCUT2D eigenvalue weighted by Crippen LogP contribution is -2.50. The molecule has 0 radical (unpaired) electrons. The second kappa shape index (κ2) is 6.91. The maximum Gasteiger partial charge on any atom is 0.243 e. The molecule has 1 unspecified atom stereocenters. The van der Waals surface area contributed by atoms with Gasteiger partial charge in [0.15, 0.2) is 9.84 Å². The summed E-state index contributed by atoms with van der Waals surface area (Å²) >= 11 is 0. The summed E-state index contributed by atoms with van der Waals surface area (Å²) in [6.45, 7) is 0.872. The Morgan fingerprint density at radius 3 is 2.64 bits per heavy atom. The first-order valence-corrected chi connectivity index (χ1v) is 9.22. The van der Waals surface area contributed by atoms with E-state index < -0.39 is 27.5 Å². The zero-order valence-corrected chi connectivity index (χ0v) is 13.3. The number of rotatable bonds is 4. The zero-order valence-electron chi connectivity index (χ0n) is 12.5. The van der Waals surface area contributed by atoms with Crippen LogP contribution in [0.5, 0.6) is 0 Å². The van der Waals surface area contributed by atoms with E-state index >= 15 is 0 Å². The van der Waals surface area contributed by atoms with Gasteiger partial charge in [0.2, 0.25) is 11.8 Å². The van der Waals surface area contributed by atoms with Crippen molar-refractivity contribution in [3.05, 3.63) is 35.9 Å². The summed E-state index contributed by atoms with van der Waals surface area (Å²) in [6.07, 6.45) is 2.02. The van der Waals surface area contributed by atoms with Crippen molar-refractivity contribution in [1.29, 1.82) is 0 Å². The van der Waals surface area contributed by atoms with E-state index in [0.717, 1.165) is 11.8 Å². The van der Waals surface area contributed by atoms with Gasteiger partial charge in [0.25, 0.3) is 0 Å². The summed E-state index contributed by atoms with van der Waals surface area (Å²) in [5.74, 6) is -1.31. The quantitative estimate of drug-likeness (QED) is 0.844. The Labute approximate surface area is 130 Å². The molecule has 7 heteroatoms. The summed E-state index contributed by atoms with van der Waals surface area (Å²) in [5, 5.41) is 2.78. The molecule has 0 spiro atoms. The van der Waals surface area contributed by atoms with E-state index in [1.165, 1.54) is 4.90 Å². The molecule has 1 aliphatic heterocycles. The van der Waals surface area contributed by atoms with Crippen molar-refractivity contribution in [2.75, 3.05) is 25.1 Å². The van der Waals surface area contributed by atoms with Crippen molar-refractivity contribution in [2.24, 2.45) is 0 Å². The second-order valence-electron chi connectivity index (χ2n) is 5.51. The van der Waals surface area contributed by atoms with Crippen LogP contribution in [-0.4, -0.2) is 56.3 Å². The average Bonchev–Trinajstić information content (AvgIpc) is 2.61. The predicted molar refractivity (Wildman–Crippen MR) is 83.0 cm³/mol. The minimum Gasteiger partial charge on any atom is -0.354 e. The lowest BCUT2D eigenvalue weighted by Gasteiger charge is -2.28. The van der Waals surface area contributed by atoms with Gasteiger partial charge in [-0.1, -0.05) is 30.3 Å². The highest BCUT2D eigenvalue weighted by Crippen LogP contribution is 2.13. The number of nitrogens with zero attached hydrogens (tertiary/aromatic N) is 1. The van der Waals surface area contributed by atoms with E-state index in [2.05, 4.69) is 5.32 Å². The maximum atomic E-state index is 12.3. The molecule has 0 aliphatic carbocycles. The van der Waals surface area contributed by atoms with E-state index in [0.29, 0.717) is 25.9 Å². The molecule has 2 rings (SSSR count). The largest absolute Gasteiger partial charge is 0.354 e. The Bertz CT molecular complexity index is 643. The van der Waals surface area contributed by atoms with Crippen LogP contribution < -0.4 is 5.32 Å². The lowest BCUT2D eigenvalue weighted by atomic mass is 10.0. The average molecular weight is 324 g/mol. The maximum absolute atomic E-state index is 12.3. The van der Waals surface area contributed by atoms with Gasteiger partial charge in [0, 0.05) is 25.8 Å². The topological polar surface area (TPSA) is 83.6 Å². The number of carbonyl (C=O) groups is 2. The van der Waals surface area contributed by atoms with Gasteiger partial charge in [0.05, 0.1) is 0 Å². The van der Waals surface area contributed by atoms with E-state index in [9.17, 15) is 18.0 Å². The fourth-order valence-corrected chi connectivity index (χ4v) is 3.14. The Morgan fingerprint density at radius 2 is 2.00 bits per heavy atom. The first-order chi connectivity index (χ1) is 10.4. The van der Waals surface area contributed by atoms with Gasteiger partial charge in [0.1, 0.15) is 11.8 Å². The molecule has 1 saturated heterocycles. The van der Waals surface area contributed by atoms with Crippen molar-refractivity contribution >= 4 is 21.7 Å². The fourth-order valence-electron chi connectivity index (χ4n) is 2.52. The SMILES string of the molecule is CS(=O)(=O)CC(=O)N1CCCNC(=O)C1Cc1ccccc1. The molecule has 6 nitrogen and oxygen atoms in total. The van der Waals surface area contributed by atoms with Crippen LogP contribution in [0.2, 0.25) is 0 Å². The molecule has 1 aliphatic rings. The Hall–Kier alpha value is -1.89. The Morgan fingerprint density at radius 1 is 1.32 bits per heavy atom. The van der Waals surface area contributed by atoms with Crippen molar-refractivity contribution in [1.82, 2.24) is 10.2 Å². The van der Waals surface area contributed by atoms with Gasteiger partial charge in [-0.2, -0.15) is 0 Å². The van der Waals surface area contributed by atoms with Crippen molar-refractivity contribution in [3.8, 4) is 0 Å². The number of sulfone groups is 1. The molecule has 1 atom stereocenters. The molecule has 2 amide bonds. The first kappa shape index (κ1) is 16.5. The summed E-state index contributed by atoms with van der Waals surface area (Å²) in [5.41, 5.74) is 0.932.